The van der Waals surface area contributed by atoms with E-state index in [1.165, 1.54) is 0 Å². The van der Waals surface area contributed by atoms with Gasteiger partial charge in [-0.15, -0.1) is 0 Å². The third-order valence-electron chi connectivity index (χ3n) is 2.30. The highest BCUT2D eigenvalue weighted by Gasteiger charge is 2.11. The number of nitrogens with zero attached hydrogens (tertiary/aromatic N) is 1. The van der Waals surface area contributed by atoms with Crippen molar-refractivity contribution in [3.8, 4) is 0 Å². The summed E-state index contributed by atoms with van der Waals surface area (Å²) in [5.74, 6) is 1.34. The normalized spacial score (nSPS) is 11.1. The molecule has 0 aromatic carbocycles. The second-order valence-corrected chi connectivity index (χ2v) is 3.33. The van der Waals surface area contributed by atoms with Crippen LogP contribution < -0.4 is 11.1 Å². The van der Waals surface area contributed by atoms with Gasteiger partial charge in [-0.3, -0.25) is 0 Å². The molecule has 0 bridgehead atoms. The summed E-state index contributed by atoms with van der Waals surface area (Å²) in [6.45, 7) is 3.37. The molecule has 0 radical (unpaired) electrons. The molecule has 5 nitrogen and oxygen atoms in total. The van der Waals surface area contributed by atoms with Gasteiger partial charge in [0, 0.05) is 25.2 Å². The van der Waals surface area contributed by atoms with Crippen LogP contribution in [0.15, 0.2) is 16.5 Å². The van der Waals surface area contributed by atoms with E-state index in [2.05, 4.69) is 5.32 Å². The van der Waals surface area contributed by atoms with E-state index in [1.54, 1.807) is 6.07 Å². The van der Waals surface area contributed by atoms with Crippen molar-refractivity contribution in [1.82, 2.24) is 4.57 Å². The number of anilines is 2. The molecule has 2 aromatic rings. The summed E-state index contributed by atoms with van der Waals surface area (Å²) in [5, 5.41) is 12.0. The van der Waals surface area contributed by atoms with Gasteiger partial charge in [-0.2, -0.15) is 0 Å². The Bertz CT molecular complexity index is 458. The van der Waals surface area contributed by atoms with E-state index in [1.807, 2.05) is 17.6 Å². The van der Waals surface area contributed by atoms with Crippen molar-refractivity contribution < 1.29 is 9.52 Å². The number of aromatic nitrogens is 1. The standard InChI is InChI=1S/C10H15N3O2/c1-2-12-10-5-7-8(15-10)6-9(11)13(7)3-4-14/h5-6,12,14H,2-4,11H2,1H3. The molecule has 0 unspecified atom stereocenters. The van der Waals surface area contributed by atoms with Gasteiger partial charge < -0.3 is 25.1 Å². The lowest BCUT2D eigenvalue weighted by atomic mass is 10.5. The summed E-state index contributed by atoms with van der Waals surface area (Å²) < 4.78 is 7.36. The van der Waals surface area contributed by atoms with Gasteiger partial charge >= 0.3 is 0 Å². The van der Waals surface area contributed by atoms with Gasteiger partial charge in [0.2, 0.25) is 0 Å². The van der Waals surface area contributed by atoms with Gasteiger partial charge in [0.05, 0.1) is 12.1 Å². The minimum atomic E-state index is 0.0652. The fraction of sp³-hybridized carbons (Fsp3) is 0.400. The van der Waals surface area contributed by atoms with E-state index in [0.717, 1.165) is 23.5 Å². The number of hydrogen-bond donors (Lipinski definition) is 3. The first-order valence-electron chi connectivity index (χ1n) is 4.99. The number of nitrogen functional groups attached to an aromatic ring is 1. The van der Waals surface area contributed by atoms with Crippen molar-refractivity contribution in [1.29, 1.82) is 0 Å². The van der Waals surface area contributed by atoms with E-state index >= 15 is 0 Å². The van der Waals surface area contributed by atoms with Gasteiger partial charge in [-0.05, 0) is 6.92 Å². The molecule has 0 saturated carbocycles. The minimum absolute atomic E-state index is 0.0652. The first-order valence-corrected chi connectivity index (χ1v) is 4.99. The van der Waals surface area contributed by atoms with Crippen LogP contribution in [0.4, 0.5) is 11.7 Å². The number of rotatable bonds is 4. The molecule has 0 amide bonds. The topological polar surface area (TPSA) is 76.3 Å². The third kappa shape index (κ3) is 1.66. The fourth-order valence-corrected chi connectivity index (χ4v) is 1.67. The van der Waals surface area contributed by atoms with Gasteiger partial charge in [-0.25, -0.2) is 0 Å². The maximum atomic E-state index is 8.91. The molecule has 82 valence electrons. The summed E-state index contributed by atoms with van der Waals surface area (Å²) in [5.41, 5.74) is 7.44. The molecule has 15 heavy (non-hydrogen) atoms. The zero-order valence-corrected chi connectivity index (χ0v) is 8.66. The lowest BCUT2D eigenvalue weighted by Gasteiger charge is -2.02. The largest absolute Gasteiger partial charge is 0.439 e. The van der Waals surface area contributed by atoms with Crippen LogP contribution in [-0.2, 0) is 6.54 Å². The number of aliphatic hydroxyl groups excluding tert-OH is 1. The van der Waals surface area contributed by atoms with Crippen molar-refractivity contribution in [2.45, 2.75) is 13.5 Å². The first-order chi connectivity index (χ1) is 7.26. The molecule has 0 atom stereocenters. The molecule has 0 saturated heterocycles. The van der Waals surface area contributed by atoms with Crippen LogP contribution in [0.3, 0.4) is 0 Å². The number of nitrogens with one attached hydrogen (secondary N) is 1. The third-order valence-corrected chi connectivity index (χ3v) is 2.30. The summed E-state index contributed by atoms with van der Waals surface area (Å²) in [4.78, 5) is 0. The Morgan fingerprint density at radius 3 is 3.00 bits per heavy atom. The quantitative estimate of drug-likeness (QED) is 0.708. The van der Waals surface area contributed by atoms with E-state index < -0.39 is 0 Å². The molecular weight excluding hydrogens is 194 g/mol. The van der Waals surface area contributed by atoms with Crippen LogP contribution in [0.2, 0.25) is 0 Å². The Hall–Kier alpha value is -1.62. The van der Waals surface area contributed by atoms with E-state index in [0.29, 0.717) is 12.4 Å². The number of furan rings is 1. The number of hydrogen-bond acceptors (Lipinski definition) is 4. The zero-order valence-electron chi connectivity index (χ0n) is 8.66. The molecule has 0 aliphatic rings. The first kappa shape index (κ1) is 9.92. The SMILES string of the molecule is CCNc1cc2c(cc(N)n2CCO)o1. The van der Waals surface area contributed by atoms with Crippen molar-refractivity contribution in [2.24, 2.45) is 0 Å². The second-order valence-electron chi connectivity index (χ2n) is 3.33. The molecule has 0 fully saturated rings. The predicted molar refractivity (Wildman–Crippen MR) is 59.9 cm³/mol. The Morgan fingerprint density at radius 2 is 2.33 bits per heavy atom. The van der Waals surface area contributed by atoms with Crippen LogP contribution in [0.25, 0.3) is 11.1 Å². The van der Waals surface area contributed by atoms with Crippen LogP contribution in [-0.4, -0.2) is 22.8 Å². The zero-order chi connectivity index (χ0) is 10.8. The molecule has 4 N–H and O–H groups in total. The van der Waals surface area contributed by atoms with Crippen LogP contribution >= 0.6 is 0 Å². The van der Waals surface area contributed by atoms with E-state index in [4.69, 9.17) is 15.3 Å². The van der Waals surface area contributed by atoms with Crippen molar-refractivity contribution >= 4 is 22.8 Å². The maximum absolute atomic E-state index is 8.91. The average Bonchev–Trinajstić information content (AvgIpc) is 2.68. The van der Waals surface area contributed by atoms with Crippen LogP contribution in [0.1, 0.15) is 6.92 Å². The van der Waals surface area contributed by atoms with Crippen molar-refractivity contribution in [2.75, 3.05) is 24.2 Å². The molecule has 2 rings (SSSR count). The Balaban J connectivity index is 2.43. The van der Waals surface area contributed by atoms with E-state index in [-0.39, 0.29) is 6.61 Å². The molecule has 0 spiro atoms. The Morgan fingerprint density at radius 1 is 1.53 bits per heavy atom. The molecule has 5 heteroatoms. The highest BCUT2D eigenvalue weighted by Crippen LogP contribution is 2.27. The lowest BCUT2D eigenvalue weighted by molar-refractivity contribution is 0.279. The number of fused-ring (bicyclic) bond motifs is 1. The average molecular weight is 209 g/mol. The smallest absolute Gasteiger partial charge is 0.195 e. The van der Waals surface area contributed by atoms with Crippen LogP contribution in [0.5, 0.6) is 0 Å². The summed E-state index contributed by atoms with van der Waals surface area (Å²) in [6, 6.07) is 3.66. The van der Waals surface area contributed by atoms with Crippen molar-refractivity contribution in [3.05, 3.63) is 12.1 Å². The Labute approximate surface area is 87.5 Å². The van der Waals surface area contributed by atoms with Gasteiger partial charge in [0.15, 0.2) is 11.5 Å². The van der Waals surface area contributed by atoms with Crippen LogP contribution in [0, 0.1) is 0 Å². The molecule has 2 heterocycles. The molecule has 0 aliphatic carbocycles. The van der Waals surface area contributed by atoms with E-state index in [9.17, 15) is 0 Å². The number of nitrogens with two attached hydrogens (primary N) is 1. The highest BCUT2D eigenvalue weighted by molar-refractivity contribution is 5.82. The summed E-state index contributed by atoms with van der Waals surface area (Å²) >= 11 is 0. The lowest BCUT2D eigenvalue weighted by Crippen LogP contribution is -2.05. The van der Waals surface area contributed by atoms with Crippen molar-refractivity contribution in [3.63, 3.8) is 0 Å². The number of aliphatic hydroxyl groups is 1. The molecular formula is C10H15N3O2. The molecule has 0 aliphatic heterocycles. The Kier molecular flexibility index (Phi) is 2.55. The predicted octanol–water partition coefficient (Wildman–Crippen LogP) is 1.24. The monoisotopic (exact) mass is 209 g/mol. The maximum Gasteiger partial charge on any atom is 0.195 e. The highest BCUT2D eigenvalue weighted by atomic mass is 16.3. The van der Waals surface area contributed by atoms with Gasteiger partial charge in [-0.1, -0.05) is 0 Å². The molecule has 2 aromatic heterocycles. The fourth-order valence-electron chi connectivity index (χ4n) is 1.67. The minimum Gasteiger partial charge on any atom is -0.439 e. The summed E-state index contributed by atoms with van der Waals surface area (Å²) in [7, 11) is 0. The summed E-state index contributed by atoms with van der Waals surface area (Å²) in [6.07, 6.45) is 0. The second kappa shape index (κ2) is 3.86. The van der Waals surface area contributed by atoms with Gasteiger partial charge in [0.25, 0.3) is 0 Å². The van der Waals surface area contributed by atoms with Gasteiger partial charge in [0.1, 0.15) is 5.82 Å².